The van der Waals surface area contributed by atoms with Crippen LogP contribution in [-0.4, -0.2) is 47.6 Å². The van der Waals surface area contributed by atoms with Gasteiger partial charge in [-0.25, -0.2) is 4.79 Å². The summed E-state index contributed by atoms with van der Waals surface area (Å²) in [6.45, 7) is 0. The molecule has 1 amide bonds. The molecule has 8 heteroatoms. The molecule has 0 aliphatic heterocycles. The third-order valence-electron chi connectivity index (χ3n) is 1.90. The molecule has 0 aromatic carbocycles. The van der Waals surface area contributed by atoms with E-state index in [-0.39, 0.29) is 24.3 Å². The molecule has 1 unspecified atom stereocenters. The van der Waals surface area contributed by atoms with Gasteiger partial charge in [0, 0.05) is 6.42 Å². The number of carbonyl (C=O) groups excluding carboxylic acids is 2. The van der Waals surface area contributed by atoms with E-state index in [1.807, 2.05) is 6.07 Å². The molecule has 2 N–H and O–H groups in total. The molecular weight excluding hydrogens is 260 g/mol. The van der Waals surface area contributed by atoms with Crippen LogP contribution in [0.4, 0.5) is 0 Å². The van der Waals surface area contributed by atoms with Crippen molar-refractivity contribution in [2.45, 2.75) is 18.9 Å². The molecule has 0 fully saturated rings. The Balaban J connectivity index is 4.11. The van der Waals surface area contributed by atoms with Gasteiger partial charge in [-0.2, -0.15) is 5.26 Å². The number of nitriles is 1. The number of aliphatic carboxylic acids is 1. The zero-order chi connectivity index (χ0) is 14.0. The van der Waals surface area contributed by atoms with Crippen LogP contribution in [0.2, 0.25) is 0 Å². The first-order valence-corrected chi connectivity index (χ1v) is 6.20. The Labute approximate surface area is 108 Å². The quantitative estimate of drug-likeness (QED) is 0.463. The van der Waals surface area contributed by atoms with E-state index < -0.39 is 23.9 Å². The van der Waals surface area contributed by atoms with E-state index in [0.717, 1.165) is 11.8 Å². The van der Waals surface area contributed by atoms with Crippen LogP contribution in [0.1, 0.15) is 12.8 Å². The van der Waals surface area contributed by atoms with Crippen molar-refractivity contribution in [1.82, 2.24) is 5.32 Å². The summed E-state index contributed by atoms with van der Waals surface area (Å²) >= 11 is 1.09. The Morgan fingerprint density at radius 1 is 1.50 bits per heavy atom. The van der Waals surface area contributed by atoms with Gasteiger partial charge in [-0.05, 0) is 6.42 Å². The van der Waals surface area contributed by atoms with Crippen molar-refractivity contribution in [3.05, 3.63) is 0 Å². The zero-order valence-corrected chi connectivity index (χ0v) is 10.7. The lowest BCUT2D eigenvalue weighted by Gasteiger charge is -2.13. The maximum Gasteiger partial charge on any atom is 0.326 e. The van der Waals surface area contributed by atoms with Crippen molar-refractivity contribution in [3.63, 3.8) is 0 Å². The minimum Gasteiger partial charge on any atom is -0.480 e. The second kappa shape index (κ2) is 9.30. The fourth-order valence-electron chi connectivity index (χ4n) is 1.05. The Kier molecular flexibility index (Phi) is 8.39. The normalized spacial score (nSPS) is 11.1. The summed E-state index contributed by atoms with van der Waals surface area (Å²) in [6.07, 6.45) is -0.115. The number of carboxylic acid groups (broad SMARTS) is 1. The first kappa shape index (κ1) is 16.2. The fourth-order valence-corrected chi connectivity index (χ4v) is 1.51. The molecule has 0 aliphatic carbocycles. The number of hydrogen-bond donors (Lipinski definition) is 2. The summed E-state index contributed by atoms with van der Waals surface area (Å²) in [5.41, 5.74) is 0. The van der Waals surface area contributed by atoms with Gasteiger partial charge < -0.3 is 15.2 Å². The number of carboxylic acids is 1. The van der Waals surface area contributed by atoms with E-state index in [0.29, 0.717) is 0 Å². The Bertz CT molecular complexity index is 353. The first-order chi connectivity index (χ1) is 8.51. The molecule has 0 aromatic rings. The number of nitrogens with one attached hydrogen (secondary N) is 1. The van der Waals surface area contributed by atoms with Gasteiger partial charge in [0.05, 0.1) is 24.7 Å². The molecule has 0 bridgehead atoms. The second-order valence-corrected chi connectivity index (χ2v) is 4.21. The molecule has 0 heterocycles. The molecule has 18 heavy (non-hydrogen) atoms. The van der Waals surface area contributed by atoms with Gasteiger partial charge in [0.15, 0.2) is 0 Å². The monoisotopic (exact) mass is 274 g/mol. The number of hydrogen-bond acceptors (Lipinski definition) is 6. The van der Waals surface area contributed by atoms with E-state index in [9.17, 15) is 14.4 Å². The summed E-state index contributed by atoms with van der Waals surface area (Å²) in [6, 6.07) is 0.727. The van der Waals surface area contributed by atoms with Crippen LogP contribution < -0.4 is 5.32 Å². The standard InChI is InChI=1S/C10H14N2O5S/c1-17-9(14)3-2-7(10(15)16)12-8(13)6-18-5-4-11/h7H,2-3,5-6H2,1H3,(H,12,13)(H,15,16). The molecular formula is C10H14N2O5S. The van der Waals surface area contributed by atoms with E-state index in [4.69, 9.17) is 10.4 Å². The number of esters is 1. The van der Waals surface area contributed by atoms with Gasteiger partial charge in [-0.15, -0.1) is 11.8 Å². The topological polar surface area (TPSA) is 116 Å². The lowest BCUT2D eigenvalue weighted by Crippen LogP contribution is -2.42. The molecule has 100 valence electrons. The molecule has 1 atom stereocenters. The number of methoxy groups -OCH3 is 1. The second-order valence-electron chi connectivity index (χ2n) is 3.22. The van der Waals surface area contributed by atoms with Crippen LogP contribution >= 0.6 is 11.8 Å². The maximum absolute atomic E-state index is 11.3. The van der Waals surface area contributed by atoms with Crippen LogP contribution in [0.25, 0.3) is 0 Å². The highest BCUT2D eigenvalue weighted by atomic mass is 32.2. The third kappa shape index (κ3) is 7.51. The number of nitrogens with zero attached hydrogens (tertiary/aromatic N) is 1. The van der Waals surface area contributed by atoms with Gasteiger partial charge >= 0.3 is 11.9 Å². The Morgan fingerprint density at radius 2 is 2.17 bits per heavy atom. The van der Waals surface area contributed by atoms with E-state index in [1.54, 1.807) is 0 Å². The third-order valence-corrected chi connectivity index (χ3v) is 2.70. The molecule has 0 spiro atoms. The number of carbonyl (C=O) groups is 3. The van der Waals surface area contributed by atoms with Gasteiger partial charge in [-0.1, -0.05) is 0 Å². The van der Waals surface area contributed by atoms with Crippen LogP contribution in [-0.2, 0) is 19.1 Å². The van der Waals surface area contributed by atoms with Crippen molar-refractivity contribution in [2.24, 2.45) is 0 Å². The maximum atomic E-state index is 11.3. The lowest BCUT2D eigenvalue weighted by atomic mass is 10.1. The Hall–Kier alpha value is -1.75. The molecule has 0 saturated carbocycles. The SMILES string of the molecule is COC(=O)CCC(NC(=O)CSCC#N)C(=O)O. The smallest absolute Gasteiger partial charge is 0.326 e. The van der Waals surface area contributed by atoms with E-state index >= 15 is 0 Å². The van der Waals surface area contributed by atoms with Crippen molar-refractivity contribution in [3.8, 4) is 6.07 Å². The van der Waals surface area contributed by atoms with Crippen molar-refractivity contribution >= 4 is 29.6 Å². The molecule has 0 aromatic heterocycles. The molecule has 0 radical (unpaired) electrons. The summed E-state index contributed by atoms with van der Waals surface area (Å²) in [5, 5.41) is 19.4. The van der Waals surface area contributed by atoms with E-state index in [1.165, 1.54) is 7.11 Å². The summed E-state index contributed by atoms with van der Waals surface area (Å²) in [4.78, 5) is 33.0. The number of thioether (sulfide) groups is 1. The average Bonchev–Trinajstić information content (AvgIpc) is 2.33. The largest absolute Gasteiger partial charge is 0.480 e. The van der Waals surface area contributed by atoms with E-state index in [2.05, 4.69) is 10.1 Å². The van der Waals surface area contributed by atoms with Crippen LogP contribution in [0, 0.1) is 11.3 Å². The highest BCUT2D eigenvalue weighted by Crippen LogP contribution is 2.02. The highest BCUT2D eigenvalue weighted by Gasteiger charge is 2.20. The van der Waals surface area contributed by atoms with Gasteiger partial charge in [0.25, 0.3) is 0 Å². The minimum absolute atomic E-state index is 0.00949. The lowest BCUT2D eigenvalue weighted by molar-refractivity contribution is -0.143. The van der Waals surface area contributed by atoms with Gasteiger partial charge in [-0.3, -0.25) is 9.59 Å². The van der Waals surface area contributed by atoms with Crippen LogP contribution in [0.15, 0.2) is 0 Å². The number of rotatable bonds is 8. The molecule has 0 rings (SSSR count). The number of ether oxygens (including phenoxy) is 1. The zero-order valence-electron chi connectivity index (χ0n) is 9.84. The van der Waals surface area contributed by atoms with Gasteiger partial charge in [0.1, 0.15) is 6.04 Å². The molecule has 0 saturated heterocycles. The van der Waals surface area contributed by atoms with Crippen LogP contribution in [0.3, 0.4) is 0 Å². The van der Waals surface area contributed by atoms with Crippen molar-refractivity contribution in [2.75, 3.05) is 18.6 Å². The van der Waals surface area contributed by atoms with Crippen LogP contribution in [0.5, 0.6) is 0 Å². The predicted molar refractivity (Wildman–Crippen MR) is 63.8 cm³/mol. The predicted octanol–water partition coefficient (Wildman–Crippen LogP) is -0.234. The minimum atomic E-state index is -1.21. The fraction of sp³-hybridized carbons (Fsp3) is 0.600. The number of amides is 1. The Morgan fingerprint density at radius 3 is 2.67 bits per heavy atom. The highest BCUT2D eigenvalue weighted by molar-refractivity contribution is 8.00. The average molecular weight is 274 g/mol. The summed E-state index contributed by atoms with van der Waals surface area (Å²) in [7, 11) is 1.20. The van der Waals surface area contributed by atoms with Crippen molar-refractivity contribution in [1.29, 1.82) is 5.26 Å². The summed E-state index contributed by atoms with van der Waals surface area (Å²) < 4.78 is 4.38. The first-order valence-electron chi connectivity index (χ1n) is 5.05. The molecule has 7 nitrogen and oxygen atoms in total. The van der Waals surface area contributed by atoms with Gasteiger partial charge in [0.2, 0.25) is 5.91 Å². The summed E-state index contributed by atoms with van der Waals surface area (Å²) in [5.74, 6) is -2.05. The van der Waals surface area contributed by atoms with Crippen molar-refractivity contribution < 1.29 is 24.2 Å². The molecule has 0 aliphatic rings.